The highest BCUT2D eigenvalue weighted by atomic mass is 31.2. The molecule has 0 heterocycles. The van der Waals surface area contributed by atoms with Gasteiger partial charge in [-0.1, -0.05) is 74.7 Å². The number of ether oxygens (including phenoxy) is 1. The molecule has 212 valence electrons. The van der Waals surface area contributed by atoms with Crippen LogP contribution < -0.4 is 14.6 Å². The molecule has 5 heteroatoms. The van der Waals surface area contributed by atoms with Crippen LogP contribution in [0.1, 0.15) is 67.7 Å². The molecule has 0 aliphatic heterocycles. The highest BCUT2D eigenvalue weighted by molar-refractivity contribution is 7.58. The summed E-state index contributed by atoms with van der Waals surface area (Å²) in [5.74, 6) is 2.32. The van der Waals surface area contributed by atoms with Crippen molar-refractivity contribution < 1.29 is 13.8 Å². The molecule has 3 aromatic rings. The van der Waals surface area contributed by atoms with Crippen molar-refractivity contribution in [1.82, 2.24) is 5.32 Å². The smallest absolute Gasteiger partial charge is 0.245 e. The molecule has 4 nitrogen and oxygen atoms in total. The SMILES string of the molecule is CCCCC(CCCOc1ccc(CNCCCP(C)(=O)Oc2ccccc2)cc1)Cc1ccc(C)c(C)c1. The van der Waals surface area contributed by atoms with Crippen LogP contribution in [-0.2, 0) is 17.5 Å². The van der Waals surface area contributed by atoms with Crippen LogP contribution in [-0.4, -0.2) is 26.0 Å². The summed E-state index contributed by atoms with van der Waals surface area (Å²) >= 11 is 0. The normalized spacial score (nSPS) is 13.5. The van der Waals surface area contributed by atoms with Gasteiger partial charge in [-0.3, -0.25) is 4.57 Å². The molecule has 0 aliphatic carbocycles. The van der Waals surface area contributed by atoms with Crippen molar-refractivity contribution in [2.24, 2.45) is 5.92 Å². The molecule has 0 amide bonds. The fourth-order valence-corrected chi connectivity index (χ4v) is 6.24. The lowest BCUT2D eigenvalue weighted by Gasteiger charge is -2.18. The van der Waals surface area contributed by atoms with Crippen molar-refractivity contribution in [3.8, 4) is 11.5 Å². The molecule has 0 bridgehead atoms. The first-order chi connectivity index (χ1) is 18.8. The Morgan fingerprint density at radius 3 is 2.26 bits per heavy atom. The minimum absolute atomic E-state index is 0.561. The van der Waals surface area contributed by atoms with Crippen LogP contribution in [0.3, 0.4) is 0 Å². The molecule has 0 saturated carbocycles. The first kappa shape index (κ1) is 31.0. The van der Waals surface area contributed by atoms with E-state index in [1.807, 2.05) is 30.3 Å². The van der Waals surface area contributed by atoms with Gasteiger partial charge >= 0.3 is 0 Å². The van der Waals surface area contributed by atoms with Crippen LogP contribution in [0.15, 0.2) is 72.8 Å². The summed E-state index contributed by atoms with van der Waals surface area (Å²) in [7, 11) is -2.64. The minimum Gasteiger partial charge on any atom is -0.494 e. The van der Waals surface area contributed by atoms with Gasteiger partial charge in [0, 0.05) is 19.4 Å². The van der Waals surface area contributed by atoms with Crippen LogP contribution in [0.25, 0.3) is 0 Å². The predicted octanol–water partition coefficient (Wildman–Crippen LogP) is 8.98. The number of unbranched alkanes of at least 4 members (excludes halogenated alkanes) is 1. The van der Waals surface area contributed by atoms with E-state index in [0.29, 0.717) is 11.9 Å². The van der Waals surface area contributed by atoms with Crippen LogP contribution in [0.4, 0.5) is 0 Å². The van der Waals surface area contributed by atoms with Gasteiger partial charge in [0.1, 0.15) is 11.5 Å². The summed E-state index contributed by atoms with van der Waals surface area (Å²) in [5, 5.41) is 3.45. The van der Waals surface area contributed by atoms with Crippen molar-refractivity contribution >= 4 is 7.37 Å². The number of hydrogen-bond donors (Lipinski definition) is 1. The van der Waals surface area contributed by atoms with Crippen LogP contribution in [0.5, 0.6) is 11.5 Å². The zero-order valence-corrected chi connectivity index (χ0v) is 25.4. The molecule has 39 heavy (non-hydrogen) atoms. The fraction of sp³-hybridized carbons (Fsp3) is 0.471. The molecule has 2 atom stereocenters. The summed E-state index contributed by atoms with van der Waals surface area (Å²) in [5.41, 5.74) is 5.45. The largest absolute Gasteiger partial charge is 0.494 e. The first-order valence-corrected chi connectivity index (χ1v) is 16.9. The van der Waals surface area contributed by atoms with Crippen molar-refractivity contribution in [3.63, 3.8) is 0 Å². The summed E-state index contributed by atoms with van der Waals surface area (Å²) in [6.45, 7) is 10.7. The zero-order chi connectivity index (χ0) is 27.9. The zero-order valence-electron chi connectivity index (χ0n) is 24.5. The molecule has 0 spiro atoms. The van der Waals surface area contributed by atoms with Gasteiger partial charge in [0.15, 0.2) is 0 Å². The molecule has 0 aliphatic rings. The Balaban J connectivity index is 1.32. The van der Waals surface area contributed by atoms with Gasteiger partial charge in [-0.2, -0.15) is 0 Å². The van der Waals surface area contributed by atoms with Gasteiger partial charge in [0.25, 0.3) is 0 Å². The second-order valence-electron chi connectivity index (χ2n) is 10.9. The molecule has 0 aromatic heterocycles. The second kappa shape index (κ2) is 16.5. The topological polar surface area (TPSA) is 47.6 Å². The fourth-order valence-electron chi connectivity index (χ4n) is 4.84. The standard InChI is InChI=1S/C34H48NO3P/c1-5-6-12-30(26-32-17-16-28(2)29(3)25-32)13-10-23-37-33-20-18-31(19-21-33)27-35-22-11-24-39(4,36)38-34-14-8-7-9-15-34/h7-9,14-21,25,30,35H,5-6,10-13,22-24,26-27H2,1-4H3. The highest BCUT2D eigenvalue weighted by Gasteiger charge is 2.16. The van der Waals surface area contributed by atoms with Crippen molar-refractivity contribution in [3.05, 3.63) is 95.1 Å². The summed E-state index contributed by atoms with van der Waals surface area (Å²) in [6, 6.07) is 24.7. The highest BCUT2D eigenvalue weighted by Crippen LogP contribution is 2.43. The van der Waals surface area contributed by atoms with E-state index in [1.54, 1.807) is 6.66 Å². The Labute approximate surface area is 237 Å². The maximum Gasteiger partial charge on any atom is 0.245 e. The van der Waals surface area contributed by atoms with E-state index in [2.05, 4.69) is 68.6 Å². The number of nitrogens with one attached hydrogen (secondary N) is 1. The van der Waals surface area contributed by atoms with Crippen molar-refractivity contribution in [2.45, 2.75) is 72.3 Å². The number of para-hydroxylation sites is 1. The number of aryl methyl sites for hydroxylation is 2. The van der Waals surface area contributed by atoms with E-state index in [4.69, 9.17) is 9.26 Å². The van der Waals surface area contributed by atoms with E-state index in [1.165, 1.54) is 54.4 Å². The first-order valence-electron chi connectivity index (χ1n) is 14.6. The van der Waals surface area contributed by atoms with Gasteiger partial charge in [-0.15, -0.1) is 0 Å². The van der Waals surface area contributed by atoms with Gasteiger partial charge in [-0.25, -0.2) is 0 Å². The van der Waals surface area contributed by atoms with Gasteiger partial charge < -0.3 is 14.6 Å². The Kier molecular flexibility index (Phi) is 13.1. The monoisotopic (exact) mass is 549 g/mol. The second-order valence-corrected chi connectivity index (χ2v) is 13.6. The van der Waals surface area contributed by atoms with E-state index < -0.39 is 7.37 Å². The lowest BCUT2D eigenvalue weighted by atomic mass is 9.89. The van der Waals surface area contributed by atoms with E-state index >= 15 is 0 Å². The minimum atomic E-state index is -2.64. The number of benzene rings is 3. The Morgan fingerprint density at radius 2 is 1.54 bits per heavy atom. The van der Waals surface area contributed by atoms with Gasteiger partial charge in [-0.05, 0) is 98.5 Å². The summed E-state index contributed by atoms with van der Waals surface area (Å²) < 4.78 is 24.5. The maximum atomic E-state index is 12.7. The van der Waals surface area contributed by atoms with Crippen LogP contribution >= 0.6 is 7.37 Å². The van der Waals surface area contributed by atoms with Gasteiger partial charge in [0.05, 0.1) is 6.61 Å². The third-order valence-corrected chi connectivity index (χ3v) is 9.02. The van der Waals surface area contributed by atoms with Crippen molar-refractivity contribution in [1.29, 1.82) is 0 Å². The quantitative estimate of drug-likeness (QED) is 0.127. The summed E-state index contributed by atoms with van der Waals surface area (Å²) in [6.07, 6.45) is 8.66. The Bertz CT molecular complexity index is 1150. The third-order valence-electron chi connectivity index (χ3n) is 7.30. The number of rotatable bonds is 18. The predicted molar refractivity (Wildman–Crippen MR) is 166 cm³/mol. The lowest BCUT2D eigenvalue weighted by molar-refractivity contribution is 0.286. The lowest BCUT2D eigenvalue weighted by Crippen LogP contribution is -2.16. The van der Waals surface area contributed by atoms with E-state index in [-0.39, 0.29) is 0 Å². The average molecular weight is 550 g/mol. The molecular weight excluding hydrogens is 501 g/mol. The molecule has 0 fully saturated rings. The van der Waals surface area contributed by atoms with Crippen LogP contribution in [0.2, 0.25) is 0 Å². The van der Waals surface area contributed by atoms with Gasteiger partial charge in [0.2, 0.25) is 7.37 Å². The van der Waals surface area contributed by atoms with E-state index in [0.717, 1.165) is 44.2 Å². The number of hydrogen-bond acceptors (Lipinski definition) is 4. The molecule has 3 aromatic carbocycles. The summed E-state index contributed by atoms with van der Waals surface area (Å²) in [4.78, 5) is 0. The Morgan fingerprint density at radius 1 is 0.821 bits per heavy atom. The van der Waals surface area contributed by atoms with Crippen molar-refractivity contribution in [2.75, 3.05) is 26.0 Å². The Hall–Kier alpha value is -2.55. The molecule has 1 N–H and O–H groups in total. The average Bonchev–Trinajstić information content (AvgIpc) is 2.92. The molecule has 0 radical (unpaired) electrons. The van der Waals surface area contributed by atoms with E-state index in [9.17, 15) is 4.57 Å². The molecule has 2 unspecified atom stereocenters. The molecule has 3 rings (SSSR count). The molecule has 0 saturated heterocycles. The van der Waals surface area contributed by atoms with Crippen LogP contribution in [0, 0.1) is 19.8 Å². The molecular formula is C34H48NO3P. The maximum absolute atomic E-state index is 12.7. The third kappa shape index (κ3) is 12.0.